The third-order valence-electron chi connectivity index (χ3n) is 5.98. The number of rotatable bonds is 8. The van der Waals surface area contributed by atoms with Crippen LogP contribution in [-0.2, 0) is 25.5 Å². The number of nitrogens with zero attached hydrogens (tertiary/aromatic N) is 1. The van der Waals surface area contributed by atoms with E-state index in [-0.39, 0.29) is 23.8 Å². The second-order valence-electron chi connectivity index (χ2n) is 10.1. The first-order chi connectivity index (χ1) is 15.4. The highest BCUT2D eigenvalue weighted by Crippen LogP contribution is 2.27. The molecule has 0 radical (unpaired) electrons. The molecular weight excluding hydrogens is 418 g/mol. The molecule has 1 heterocycles. The number of likely N-dealkylation sites (N-methyl/N-ethyl adjacent to an activating group) is 1. The third kappa shape index (κ3) is 6.59. The largest absolute Gasteiger partial charge is 0.463 e. The predicted molar refractivity (Wildman–Crippen MR) is 131 cm³/mol. The molecule has 0 spiro atoms. The van der Waals surface area contributed by atoms with Crippen molar-refractivity contribution in [2.75, 3.05) is 19.0 Å². The number of carbonyl (C=O) groups is 3. The Balaban J connectivity index is 2.21. The maximum atomic E-state index is 13.6. The van der Waals surface area contributed by atoms with Crippen molar-refractivity contribution in [2.45, 2.75) is 73.0 Å². The van der Waals surface area contributed by atoms with Gasteiger partial charge in [-0.1, -0.05) is 58.9 Å². The van der Waals surface area contributed by atoms with Crippen LogP contribution in [0.2, 0.25) is 0 Å². The van der Waals surface area contributed by atoms with Crippen LogP contribution in [0.25, 0.3) is 0 Å². The van der Waals surface area contributed by atoms with Crippen molar-refractivity contribution in [3.63, 3.8) is 0 Å². The van der Waals surface area contributed by atoms with Gasteiger partial charge in [-0.05, 0) is 36.8 Å². The van der Waals surface area contributed by atoms with E-state index in [9.17, 15) is 14.4 Å². The minimum Gasteiger partial charge on any atom is -0.463 e. The molecule has 0 bridgehead atoms. The van der Waals surface area contributed by atoms with Crippen molar-refractivity contribution in [3.05, 3.63) is 41.5 Å². The van der Waals surface area contributed by atoms with E-state index < -0.39 is 23.5 Å². The Morgan fingerprint density at radius 3 is 2.42 bits per heavy atom. The fourth-order valence-corrected chi connectivity index (χ4v) is 4.02. The van der Waals surface area contributed by atoms with Crippen molar-refractivity contribution < 1.29 is 19.1 Å². The highest BCUT2D eigenvalue weighted by molar-refractivity contribution is 5.93. The van der Waals surface area contributed by atoms with E-state index in [1.165, 1.54) is 0 Å². The topological polar surface area (TPSA) is 87.7 Å². The summed E-state index contributed by atoms with van der Waals surface area (Å²) in [6, 6.07) is 6.37. The second-order valence-corrected chi connectivity index (χ2v) is 10.1. The molecule has 2 amide bonds. The SMILES string of the molecule is CCOC(=O)/C(C)=C/[C@H](C(C)C)N(C)C(=O)[C@@H](NC(=O)[C@@H]1Cc2ccccc2N1)C(C)(C)C. The minimum atomic E-state index is -0.724. The summed E-state index contributed by atoms with van der Waals surface area (Å²) < 4.78 is 5.09. The summed E-state index contributed by atoms with van der Waals surface area (Å²) in [5.41, 5.74) is 1.99. The van der Waals surface area contributed by atoms with Crippen LogP contribution in [0.5, 0.6) is 0 Å². The fraction of sp³-hybridized carbons (Fsp3) is 0.577. The van der Waals surface area contributed by atoms with E-state index in [0.29, 0.717) is 18.6 Å². The van der Waals surface area contributed by atoms with Crippen molar-refractivity contribution in [3.8, 4) is 0 Å². The standard InChI is InChI=1S/C26H39N3O4/c1-9-33-25(32)17(4)14-21(16(2)3)29(8)24(31)22(26(5,6)7)28-23(30)20-15-18-12-10-11-13-19(18)27-20/h10-14,16,20-22,27H,9,15H2,1-8H3,(H,28,30)/b17-14+/t20-,21+,22+/m0/s1. The summed E-state index contributed by atoms with van der Waals surface area (Å²) in [6.07, 6.45) is 2.36. The Labute approximate surface area is 197 Å². The van der Waals surface area contributed by atoms with Crippen LogP contribution in [-0.4, -0.2) is 54.5 Å². The average molecular weight is 458 g/mol. The number of para-hydroxylation sites is 1. The summed E-state index contributed by atoms with van der Waals surface area (Å²) in [4.78, 5) is 40.5. The van der Waals surface area contributed by atoms with E-state index in [4.69, 9.17) is 4.74 Å². The lowest BCUT2D eigenvalue weighted by Gasteiger charge is -2.37. The molecule has 7 nitrogen and oxygen atoms in total. The monoisotopic (exact) mass is 457 g/mol. The molecule has 1 aromatic carbocycles. The maximum absolute atomic E-state index is 13.6. The molecule has 0 unspecified atom stereocenters. The number of benzene rings is 1. The molecule has 0 saturated heterocycles. The van der Waals surface area contributed by atoms with Crippen LogP contribution in [0.4, 0.5) is 5.69 Å². The predicted octanol–water partition coefficient (Wildman–Crippen LogP) is 3.55. The van der Waals surface area contributed by atoms with Gasteiger partial charge in [-0.15, -0.1) is 0 Å². The van der Waals surface area contributed by atoms with Crippen LogP contribution in [0.3, 0.4) is 0 Å². The molecule has 3 atom stereocenters. The van der Waals surface area contributed by atoms with Gasteiger partial charge in [0, 0.05) is 24.7 Å². The summed E-state index contributed by atoms with van der Waals surface area (Å²) in [7, 11) is 1.72. The first-order valence-corrected chi connectivity index (χ1v) is 11.6. The van der Waals surface area contributed by atoms with Gasteiger partial charge in [0.15, 0.2) is 0 Å². The van der Waals surface area contributed by atoms with Crippen molar-refractivity contribution >= 4 is 23.5 Å². The van der Waals surface area contributed by atoms with Gasteiger partial charge >= 0.3 is 5.97 Å². The molecule has 0 fully saturated rings. The summed E-state index contributed by atoms with van der Waals surface area (Å²) in [6.45, 7) is 13.5. The zero-order valence-electron chi connectivity index (χ0n) is 21.2. The van der Waals surface area contributed by atoms with E-state index in [2.05, 4.69) is 10.6 Å². The number of carbonyl (C=O) groups excluding carboxylic acids is 3. The number of esters is 1. The Kier molecular flexibility index (Phi) is 8.69. The number of ether oxygens (including phenoxy) is 1. The van der Waals surface area contributed by atoms with Crippen LogP contribution >= 0.6 is 0 Å². The number of anilines is 1. The zero-order chi connectivity index (χ0) is 24.9. The van der Waals surface area contributed by atoms with Gasteiger partial charge in [-0.3, -0.25) is 9.59 Å². The minimum absolute atomic E-state index is 0.0608. The summed E-state index contributed by atoms with van der Waals surface area (Å²) >= 11 is 0. The first-order valence-electron chi connectivity index (χ1n) is 11.6. The van der Waals surface area contributed by atoms with Gasteiger partial charge in [0.25, 0.3) is 0 Å². The normalized spacial score (nSPS) is 17.6. The van der Waals surface area contributed by atoms with Crippen molar-refractivity contribution in [1.82, 2.24) is 10.2 Å². The molecule has 1 aromatic rings. The van der Waals surface area contributed by atoms with Gasteiger partial charge < -0.3 is 20.3 Å². The Morgan fingerprint density at radius 1 is 1.24 bits per heavy atom. The molecule has 1 aliphatic heterocycles. The van der Waals surface area contributed by atoms with Gasteiger partial charge in [0.2, 0.25) is 11.8 Å². The lowest BCUT2D eigenvalue weighted by molar-refractivity contribution is -0.140. The van der Waals surface area contributed by atoms with Gasteiger partial charge in [-0.25, -0.2) is 4.79 Å². The smallest absolute Gasteiger partial charge is 0.333 e. The van der Waals surface area contributed by atoms with E-state index >= 15 is 0 Å². The molecule has 0 saturated carbocycles. The molecule has 2 rings (SSSR count). The average Bonchev–Trinajstić information content (AvgIpc) is 3.18. The van der Waals surface area contributed by atoms with Crippen LogP contribution in [0.15, 0.2) is 35.9 Å². The Hall–Kier alpha value is -2.83. The zero-order valence-corrected chi connectivity index (χ0v) is 21.2. The van der Waals surface area contributed by atoms with E-state index in [1.807, 2.05) is 58.9 Å². The molecule has 33 heavy (non-hydrogen) atoms. The fourth-order valence-electron chi connectivity index (χ4n) is 4.02. The molecule has 0 aromatic heterocycles. The van der Waals surface area contributed by atoms with Gasteiger partial charge in [0.05, 0.1) is 12.6 Å². The first kappa shape index (κ1) is 26.4. The molecule has 2 N–H and O–H groups in total. The number of hydrogen-bond acceptors (Lipinski definition) is 5. The number of hydrogen-bond donors (Lipinski definition) is 2. The highest BCUT2D eigenvalue weighted by Gasteiger charge is 2.39. The third-order valence-corrected chi connectivity index (χ3v) is 5.98. The van der Waals surface area contributed by atoms with Gasteiger partial charge in [0.1, 0.15) is 12.1 Å². The second kappa shape index (κ2) is 10.9. The van der Waals surface area contributed by atoms with Crippen LogP contribution in [0.1, 0.15) is 54.0 Å². The molecule has 7 heteroatoms. The van der Waals surface area contributed by atoms with E-state index in [1.54, 1.807) is 31.9 Å². The van der Waals surface area contributed by atoms with Gasteiger partial charge in [-0.2, -0.15) is 0 Å². The maximum Gasteiger partial charge on any atom is 0.333 e. The lowest BCUT2D eigenvalue weighted by atomic mass is 9.85. The number of nitrogens with one attached hydrogen (secondary N) is 2. The quantitative estimate of drug-likeness (QED) is 0.460. The number of amides is 2. The molecule has 182 valence electrons. The van der Waals surface area contributed by atoms with Crippen molar-refractivity contribution in [1.29, 1.82) is 0 Å². The number of fused-ring (bicyclic) bond motifs is 1. The molecular formula is C26H39N3O4. The Bertz CT molecular complexity index is 876. The van der Waals surface area contributed by atoms with Crippen LogP contribution in [0, 0.1) is 11.3 Å². The van der Waals surface area contributed by atoms with Crippen molar-refractivity contribution in [2.24, 2.45) is 11.3 Å². The summed E-state index contributed by atoms with van der Waals surface area (Å²) in [5.74, 6) is -0.729. The highest BCUT2D eigenvalue weighted by atomic mass is 16.5. The van der Waals surface area contributed by atoms with Crippen LogP contribution < -0.4 is 10.6 Å². The Morgan fingerprint density at radius 2 is 1.88 bits per heavy atom. The molecule has 1 aliphatic rings. The van der Waals surface area contributed by atoms with E-state index in [0.717, 1.165) is 11.3 Å². The summed E-state index contributed by atoms with van der Waals surface area (Å²) in [5, 5.41) is 6.25. The molecule has 0 aliphatic carbocycles. The lowest BCUT2D eigenvalue weighted by Crippen LogP contribution is -2.58.